The van der Waals surface area contributed by atoms with Gasteiger partial charge in [0.2, 0.25) is 0 Å². The van der Waals surface area contributed by atoms with Gasteiger partial charge in [-0.05, 0) is 29.9 Å². The van der Waals surface area contributed by atoms with Crippen LogP contribution >= 0.6 is 0 Å². The lowest BCUT2D eigenvalue weighted by atomic mass is 9.68. The Kier molecular flexibility index (Phi) is 3.21. The third-order valence-corrected chi connectivity index (χ3v) is 3.84. The monoisotopic (exact) mass is 245 g/mol. The zero-order valence-electron chi connectivity index (χ0n) is 11.4. The Hall–Kier alpha value is -1.69. The van der Waals surface area contributed by atoms with Crippen LogP contribution in [0.15, 0.2) is 12.1 Å². The SMILES string of the molecule is COc1ccc2c(c1OC)C(C)(C)CCC2C#N. The number of benzene rings is 1. The van der Waals surface area contributed by atoms with E-state index in [0.717, 1.165) is 35.5 Å². The van der Waals surface area contributed by atoms with Crippen molar-refractivity contribution in [1.82, 2.24) is 0 Å². The molecule has 0 saturated carbocycles. The molecule has 2 rings (SSSR count). The molecule has 0 bridgehead atoms. The van der Waals surface area contributed by atoms with E-state index in [1.165, 1.54) is 0 Å². The number of hydrogen-bond acceptors (Lipinski definition) is 3. The normalized spacial score (nSPS) is 20.7. The molecule has 1 atom stereocenters. The van der Waals surface area contributed by atoms with Gasteiger partial charge in [-0.2, -0.15) is 5.26 Å². The molecule has 3 nitrogen and oxygen atoms in total. The predicted molar refractivity (Wildman–Crippen MR) is 70.2 cm³/mol. The summed E-state index contributed by atoms with van der Waals surface area (Å²) in [6, 6.07) is 6.29. The van der Waals surface area contributed by atoms with Gasteiger partial charge in [-0.3, -0.25) is 0 Å². The average molecular weight is 245 g/mol. The Balaban J connectivity index is 2.71. The summed E-state index contributed by atoms with van der Waals surface area (Å²) in [6.45, 7) is 4.39. The molecule has 1 aromatic rings. The van der Waals surface area contributed by atoms with Crippen molar-refractivity contribution in [3.63, 3.8) is 0 Å². The lowest BCUT2D eigenvalue weighted by Crippen LogP contribution is -2.26. The molecule has 1 unspecified atom stereocenters. The first kappa shape index (κ1) is 12.8. The quantitative estimate of drug-likeness (QED) is 0.802. The highest BCUT2D eigenvalue weighted by Gasteiger charge is 2.36. The molecule has 0 N–H and O–H groups in total. The Bertz CT molecular complexity index is 500. The number of methoxy groups -OCH3 is 2. The summed E-state index contributed by atoms with van der Waals surface area (Å²) in [5.41, 5.74) is 2.23. The Morgan fingerprint density at radius 1 is 1.28 bits per heavy atom. The fraction of sp³-hybridized carbons (Fsp3) is 0.533. The first-order chi connectivity index (χ1) is 8.55. The number of ether oxygens (including phenoxy) is 2. The largest absolute Gasteiger partial charge is 0.493 e. The van der Waals surface area contributed by atoms with Gasteiger partial charge in [0.15, 0.2) is 11.5 Å². The summed E-state index contributed by atoms with van der Waals surface area (Å²) in [4.78, 5) is 0. The average Bonchev–Trinajstić information content (AvgIpc) is 2.37. The van der Waals surface area contributed by atoms with Gasteiger partial charge in [0.05, 0.1) is 26.2 Å². The first-order valence-electron chi connectivity index (χ1n) is 6.20. The van der Waals surface area contributed by atoms with Crippen molar-refractivity contribution < 1.29 is 9.47 Å². The third kappa shape index (κ3) is 1.82. The molecule has 0 aromatic heterocycles. The Labute approximate surface area is 108 Å². The lowest BCUT2D eigenvalue weighted by molar-refractivity contribution is 0.329. The van der Waals surface area contributed by atoms with Crippen LogP contribution in [0, 0.1) is 11.3 Å². The topological polar surface area (TPSA) is 42.2 Å². The number of nitriles is 1. The molecule has 0 fully saturated rings. The van der Waals surface area contributed by atoms with Gasteiger partial charge in [0.25, 0.3) is 0 Å². The number of fused-ring (bicyclic) bond motifs is 1. The van der Waals surface area contributed by atoms with E-state index in [0.29, 0.717) is 0 Å². The molecular weight excluding hydrogens is 226 g/mol. The summed E-state index contributed by atoms with van der Waals surface area (Å²) in [6.07, 6.45) is 1.90. The maximum atomic E-state index is 9.28. The molecular formula is C15H19NO2. The minimum absolute atomic E-state index is 0.0164. The summed E-state index contributed by atoms with van der Waals surface area (Å²) >= 11 is 0. The van der Waals surface area contributed by atoms with Crippen molar-refractivity contribution in [3.05, 3.63) is 23.3 Å². The Morgan fingerprint density at radius 3 is 2.56 bits per heavy atom. The molecule has 3 heteroatoms. The molecule has 0 radical (unpaired) electrons. The van der Waals surface area contributed by atoms with Crippen LogP contribution in [-0.2, 0) is 5.41 Å². The second-order valence-corrected chi connectivity index (χ2v) is 5.37. The smallest absolute Gasteiger partial charge is 0.164 e. The van der Waals surface area contributed by atoms with Crippen LogP contribution in [0.25, 0.3) is 0 Å². The van der Waals surface area contributed by atoms with E-state index in [2.05, 4.69) is 19.9 Å². The van der Waals surface area contributed by atoms with Crippen LogP contribution in [0.2, 0.25) is 0 Å². The summed E-state index contributed by atoms with van der Waals surface area (Å²) in [7, 11) is 3.30. The zero-order valence-corrected chi connectivity index (χ0v) is 11.4. The van der Waals surface area contributed by atoms with E-state index in [9.17, 15) is 5.26 Å². The van der Waals surface area contributed by atoms with Gasteiger partial charge in [0.1, 0.15) is 0 Å². The van der Waals surface area contributed by atoms with Crippen molar-refractivity contribution in [2.75, 3.05) is 14.2 Å². The van der Waals surface area contributed by atoms with Crippen LogP contribution in [0.4, 0.5) is 0 Å². The van der Waals surface area contributed by atoms with Crippen molar-refractivity contribution in [2.45, 2.75) is 38.0 Å². The van der Waals surface area contributed by atoms with E-state index in [-0.39, 0.29) is 11.3 Å². The molecule has 0 aliphatic heterocycles. The second kappa shape index (κ2) is 4.53. The molecule has 0 heterocycles. The minimum atomic E-state index is -0.0344. The van der Waals surface area contributed by atoms with Gasteiger partial charge in [-0.1, -0.05) is 19.9 Å². The van der Waals surface area contributed by atoms with Gasteiger partial charge in [-0.15, -0.1) is 0 Å². The Morgan fingerprint density at radius 2 is 2.00 bits per heavy atom. The fourth-order valence-corrected chi connectivity index (χ4v) is 2.85. The van der Waals surface area contributed by atoms with E-state index < -0.39 is 0 Å². The van der Waals surface area contributed by atoms with E-state index in [1.807, 2.05) is 12.1 Å². The minimum Gasteiger partial charge on any atom is -0.493 e. The summed E-state index contributed by atoms with van der Waals surface area (Å²) < 4.78 is 10.9. The van der Waals surface area contributed by atoms with Crippen molar-refractivity contribution in [2.24, 2.45) is 0 Å². The van der Waals surface area contributed by atoms with Crippen molar-refractivity contribution >= 4 is 0 Å². The standard InChI is InChI=1S/C15H19NO2/c1-15(2)8-7-10(9-16)11-5-6-12(17-3)14(18-4)13(11)15/h5-6,10H,7-8H2,1-4H3. The maximum Gasteiger partial charge on any atom is 0.164 e. The van der Waals surface area contributed by atoms with Gasteiger partial charge < -0.3 is 9.47 Å². The highest BCUT2D eigenvalue weighted by molar-refractivity contribution is 5.57. The number of rotatable bonds is 2. The summed E-state index contributed by atoms with van der Waals surface area (Å²) in [5.74, 6) is 1.48. The van der Waals surface area contributed by atoms with Crippen molar-refractivity contribution in [1.29, 1.82) is 5.26 Å². The molecule has 0 saturated heterocycles. The highest BCUT2D eigenvalue weighted by Crippen LogP contribution is 2.49. The van der Waals surface area contributed by atoms with Crippen LogP contribution in [0.3, 0.4) is 0 Å². The van der Waals surface area contributed by atoms with Crippen LogP contribution in [0.5, 0.6) is 11.5 Å². The van der Waals surface area contributed by atoms with Gasteiger partial charge in [-0.25, -0.2) is 0 Å². The molecule has 0 amide bonds. The molecule has 96 valence electrons. The number of hydrogen-bond donors (Lipinski definition) is 0. The van der Waals surface area contributed by atoms with Crippen molar-refractivity contribution in [3.8, 4) is 17.6 Å². The van der Waals surface area contributed by atoms with Crippen LogP contribution < -0.4 is 9.47 Å². The fourth-order valence-electron chi connectivity index (χ4n) is 2.85. The zero-order chi connectivity index (χ0) is 13.3. The maximum absolute atomic E-state index is 9.28. The van der Waals surface area contributed by atoms with E-state index in [1.54, 1.807) is 14.2 Å². The van der Waals surface area contributed by atoms with E-state index in [4.69, 9.17) is 9.47 Å². The molecule has 1 aliphatic rings. The van der Waals surface area contributed by atoms with Gasteiger partial charge >= 0.3 is 0 Å². The van der Waals surface area contributed by atoms with E-state index >= 15 is 0 Å². The third-order valence-electron chi connectivity index (χ3n) is 3.84. The van der Waals surface area contributed by atoms with Gasteiger partial charge in [0, 0.05) is 5.56 Å². The second-order valence-electron chi connectivity index (χ2n) is 5.37. The lowest BCUT2D eigenvalue weighted by Gasteiger charge is -2.36. The van der Waals surface area contributed by atoms with Crippen LogP contribution in [-0.4, -0.2) is 14.2 Å². The molecule has 1 aromatic carbocycles. The molecule has 0 spiro atoms. The first-order valence-corrected chi connectivity index (χ1v) is 6.20. The predicted octanol–water partition coefficient (Wildman–Crippen LogP) is 3.38. The molecule has 1 aliphatic carbocycles. The summed E-state index contributed by atoms with van der Waals surface area (Å²) in [5, 5.41) is 9.28. The molecule has 18 heavy (non-hydrogen) atoms. The highest BCUT2D eigenvalue weighted by atomic mass is 16.5. The van der Waals surface area contributed by atoms with Crippen LogP contribution in [0.1, 0.15) is 43.7 Å². The number of nitrogens with zero attached hydrogens (tertiary/aromatic N) is 1.